The first-order valence-electron chi connectivity index (χ1n) is 11.3. The number of allylic oxidation sites excluding steroid dienone is 1. The van der Waals surface area contributed by atoms with Gasteiger partial charge in [0, 0.05) is 18.4 Å². The molecule has 2 aromatic heterocycles. The maximum absolute atomic E-state index is 14.0. The molecule has 5 nitrogen and oxygen atoms in total. The average molecular weight is 437 g/mol. The molecule has 6 heteroatoms. The van der Waals surface area contributed by atoms with E-state index < -0.39 is 0 Å². The number of hydrogen-bond acceptors (Lipinski definition) is 4. The quantitative estimate of drug-likeness (QED) is 0.388. The molecule has 3 rings (SSSR count). The van der Waals surface area contributed by atoms with Crippen LogP contribution < -0.4 is 10.1 Å². The van der Waals surface area contributed by atoms with E-state index in [1.165, 1.54) is 0 Å². The summed E-state index contributed by atoms with van der Waals surface area (Å²) >= 11 is 0. The van der Waals surface area contributed by atoms with Crippen molar-refractivity contribution in [3.05, 3.63) is 83.0 Å². The summed E-state index contributed by atoms with van der Waals surface area (Å²) in [6.07, 6.45) is 11.7. The van der Waals surface area contributed by atoms with E-state index in [-0.39, 0.29) is 5.82 Å². The largest absolute Gasteiger partial charge is 0.486 e. The van der Waals surface area contributed by atoms with Crippen molar-refractivity contribution in [1.82, 2.24) is 14.5 Å². The van der Waals surface area contributed by atoms with Crippen LogP contribution in [0.3, 0.4) is 0 Å². The van der Waals surface area contributed by atoms with Gasteiger partial charge in [-0.3, -0.25) is 4.98 Å². The molecule has 0 bridgehead atoms. The number of pyridine rings is 1. The highest BCUT2D eigenvalue weighted by Crippen LogP contribution is 2.17. The Morgan fingerprint density at radius 2 is 2.03 bits per heavy atom. The van der Waals surface area contributed by atoms with Crippen LogP contribution in [0.5, 0.6) is 5.75 Å². The average Bonchev–Trinajstić information content (AvgIpc) is 3.21. The molecule has 0 radical (unpaired) electrons. The minimum atomic E-state index is -0.170. The first kappa shape index (κ1) is 23.5. The molecule has 0 saturated heterocycles. The van der Waals surface area contributed by atoms with Gasteiger partial charge >= 0.3 is 0 Å². The molecule has 0 aliphatic carbocycles. The summed E-state index contributed by atoms with van der Waals surface area (Å²) in [6.45, 7) is 8.95. The SMILES string of the molecule is CC/C=C(\COc1ccc(CCCC)nc1)Nc1cn(Cc2cc(C)c(C)c(F)c2)cn1. The van der Waals surface area contributed by atoms with Crippen molar-refractivity contribution < 1.29 is 9.13 Å². The molecule has 2 heterocycles. The number of rotatable bonds is 11. The standard InChI is InChI=1S/C26H33FN4O/c1-5-7-9-22-10-11-24(14-28-22)32-17-23(8-6-2)30-26-16-31(18-29-26)15-21-12-19(3)20(4)25(27)13-21/h8,10-14,16,18,30H,5-7,9,15,17H2,1-4H3/b23-8+. The number of nitrogens with one attached hydrogen (secondary N) is 1. The van der Waals surface area contributed by atoms with E-state index in [2.05, 4.69) is 35.2 Å². The monoisotopic (exact) mass is 436 g/mol. The molecule has 0 aliphatic rings. The summed E-state index contributed by atoms with van der Waals surface area (Å²) < 4.78 is 21.9. The summed E-state index contributed by atoms with van der Waals surface area (Å²) in [6, 6.07) is 7.61. The lowest BCUT2D eigenvalue weighted by Crippen LogP contribution is -2.10. The highest BCUT2D eigenvalue weighted by Gasteiger charge is 2.07. The van der Waals surface area contributed by atoms with Crippen LogP contribution in [0.2, 0.25) is 0 Å². The highest BCUT2D eigenvalue weighted by molar-refractivity contribution is 5.40. The zero-order chi connectivity index (χ0) is 22.9. The Bertz CT molecular complexity index is 1020. The minimum Gasteiger partial charge on any atom is -0.486 e. The lowest BCUT2D eigenvalue weighted by Gasteiger charge is -2.11. The number of nitrogens with zero attached hydrogens (tertiary/aromatic N) is 3. The second-order valence-electron chi connectivity index (χ2n) is 8.09. The van der Waals surface area contributed by atoms with Crippen molar-refractivity contribution in [2.45, 2.75) is 59.9 Å². The fraction of sp³-hybridized carbons (Fsp3) is 0.385. The smallest absolute Gasteiger partial charge is 0.148 e. The Kier molecular flexibility index (Phi) is 8.42. The van der Waals surface area contributed by atoms with Crippen LogP contribution in [0.25, 0.3) is 0 Å². The van der Waals surface area contributed by atoms with Gasteiger partial charge in [-0.2, -0.15) is 0 Å². The topological polar surface area (TPSA) is 52.0 Å². The van der Waals surface area contributed by atoms with E-state index in [1.807, 2.05) is 35.9 Å². The minimum absolute atomic E-state index is 0.170. The molecule has 0 saturated carbocycles. The fourth-order valence-corrected chi connectivity index (χ4v) is 3.42. The first-order chi connectivity index (χ1) is 15.5. The Morgan fingerprint density at radius 1 is 1.19 bits per heavy atom. The molecular weight excluding hydrogens is 403 g/mol. The first-order valence-corrected chi connectivity index (χ1v) is 11.3. The molecule has 3 aromatic rings. The van der Waals surface area contributed by atoms with E-state index in [1.54, 1.807) is 25.5 Å². The molecule has 0 atom stereocenters. The Morgan fingerprint density at radius 3 is 2.72 bits per heavy atom. The summed E-state index contributed by atoms with van der Waals surface area (Å²) in [5.41, 5.74) is 4.59. The molecule has 0 unspecified atom stereocenters. The lowest BCUT2D eigenvalue weighted by molar-refractivity contribution is 0.351. The van der Waals surface area contributed by atoms with Crippen LogP contribution in [-0.2, 0) is 13.0 Å². The summed E-state index contributed by atoms with van der Waals surface area (Å²) in [4.78, 5) is 8.92. The number of hydrogen-bond donors (Lipinski definition) is 1. The van der Waals surface area contributed by atoms with E-state index in [0.717, 1.165) is 59.8 Å². The van der Waals surface area contributed by atoms with Crippen LogP contribution >= 0.6 is 0 Å². The number of benzene rings is 1. The highest BCUT2D eigenvalue weighted by atomic mass is 19.1. The third-order valence-electron chi connectivity index (χ3n) is 5.38. The van der Waals surface area contributed by atoms with Gasteiger partial charge in [-0.1, -0.05) is 32.4 Å². The van der Waals surface area contributed by atoms with E-state index >= 15 is 0 Å². The Hall–Kier alpha value is -3.15. The predicted octanol–water partition coefficient (Wildman–Crippen LogP) is 6.21. The zero-order valence-electron chi connectivity index (χ0n) is 19.5. The van der Waals surface area contributed by atoms with Crippen LogP contribution in [0.15, 0.2) is 54.8 Å². The van der Waals surface area contributed by atoms with Crippen molar-refractivity contribution in [1.29, 1.82) is 0 Å². The van der Waals surface area contributed by atoms with E-state index in [0.29, 0.717) is 18.7 Å². The number of aryl methyl sites for hydroxylation is 2. The molecular formula is C26H33FN4O. The molecule has 0 amide bonds. The van der Waals surface area contributed by atoms with Gasteiger partial charge in [0.05, 0.1) is 18.2 Å². The van der Waals surface area contributed by atoms with Crippen molar-refractivity contribution in [2.75, 3.05) is 11.9 Å². The summed E-state index contributed by atoms with van der Waals surface area (Å²) in [7, 11) is 0. The van der Waals surface area contributed by atoms with Gasteiger partial charge in [0.15, 0.2) is 0 Å². The third kappa shape index (κ3) is 6.67. The van der Waals surface area contributed by atoms with Crippen molar-refractivity contribution in [2.24, 2.45) is 0 Å². The normalized spacial score (nSPS) is 11.6. The number of aromatic nitrogens is 3. The molecule has 1 aromatic carbocycles. The molecule has 1 N–H and O–H groups in total. The Labute approximate surface area is 190 Å². The number of ether oxygens (including phenoxy) is 1. The van der Waals surface area contributed by atoms with Gasteiger partial charge in [0.1, 0.15) is 24.0 Å². The van der Waals surface area contributed by atoms with Crippen LogP contribution in [0.4, 0.5) is 10.2 Å². The van der Waals surface area contributed by atoms with Crippen LogP contribution in [-0.4, -0.2) is 21.1 Å². The van der Waals surface area contributed by atoms with Crippen LogP contribution in [0, 0.1) is 19.7 Å². The van der Waals surface area contributed by atoms with Crippen LogP contribution in [0.1, 0.15) is 55.5 Å². The van der Waals surface area contributed by atoms with E-state index in [9.17, 15) is 4.39 Å². The summed E-state index contributed by atoms with van der Waals surface area (Å²) in [5, 5.41) is 3.34. The van der Waals surface area contributed by atoms with Gasteiger partial charge < -0.3 is 14.6 Å². The molecule has 170 valence electrons. The maximum Gasteiger partial charge on any atom is 0.148 e. The molecule has 32 heavy (non-hydrogen) atoms. The maximum atomic E-state index is 14.0. The van der Waals surface area contributed by atoms with Crippen molar-refractivity contribution >= 4 is 5.82 Å². The Balaban J connectivity index is 1.58. The number of anilines is 1. The van der Waals surface area contributed by atoms with Gasteiger partial charge in [0.2, 0.25) is 0 Å². The lowest BCUT2D eigenvalue weighted by atomic mass is 10.1. The summed E-state index contributed by atoms with van der Waals surface area (Å²) in [5.74, 6) is 1.30. The molecule has 0 aliphatic heterocycles. The predicted molar refractivity (Wildman–Crippen MR) is 128 cm³/mol. The second kappa shape index (κ2) is 11.5. The number of unbranched alkanes of at least 4 members (excludes halogenated alkanes) is 1. The number of imidazole rings is 1. The molecule has 0 spiro atoms. The van der Waals surface area contributed by atoms with Crippen molar-refractivity contribution in [3.8, 4) is 5.75 Å². The molecule has 0 fully saturated rings. The van der Waals surface area contributed by atoms with Gasteiger partial charge in [0.25, 0.3) is 0 Å². The fourth-order valence-electron chi connectivity index (χ4n) is 3.42. The van der Waals surface area contributed by atoms with Gasteiger partial charge in [-0.05, 0) is 68.0 Å². The van der Waals surface area contributed by atoms with Gasteiger partial charge in [-0.15, -0.1) is 0 Å². The van der Waals surface area contributed by atoms with Gasteiger partial charge in [-0.25, -0.2) is 9.37 Å². The third-order valence-corrected chi connectivity index (χ3v) is 5.38. The van der Waals surface area contributed by atoms with E-state index in [4.69, 9.17) is 4.74 Å². The zero-order valence-corrected chi connectivity index (χ0v) is 19.5. The second-order valence-corrected chi connectivity index (χ2v) is 8.09. The number of halogens is 1. The van der Waals surface area contributed by atoms with Crippen molar-refractivity contribution in [3.63, 3.8) is 0 Å².